The smallest absolute Gasteiger partial charge is 0.358 e. The van der Waals surface area contributed by atoms with Gasteiger partial charge in [-0.3, -0.25) is 0 Å². The molecule has 0 radical (unpaired) electrons. The molecule has 1 aliphatic heterocycles. The molecule has 1 aromatic carbocycles. The Bertz CT molecular complexity index is 862. The number of carboxylic acid groups (broad SMARTS) is 1. The van der Waals surface area contributed by atoms with Crippen molar-refractivity contribution in [2.24, 2.45) is 0 Å². The zero-order chi connectivity index (χ0) is 16.5. The summed E-state index contributed by atoms with van der Waals surface area (Å²) in [5.41, 5.74) is 1.02. The first-order valence-electron chi connectivity index (χ1n) is 7.50. The van der Waals surface area contributed by atoms with Gasteiger partial charge in [0.25, 0.3) is 0 Å². The van der Waals surface area contributed by atoms with Gasteiger partial charge in [0, 0.05) is 18.7 Å². The van der Waals surface area contributed by atoms with Gasteiger partial charge >= 0.3 is 5.97 Å². The average Bonchev–Trinajstić information content (AvgIpc) is 3.33. The van der Waals surface area contributed by atoms with E-state index in [1.54, 1.807) is 16.0 Å². The Morgan fingerprint density at radius 3 is 2.79 bits per heavy atom. The summed E-state index contributed by atoms with van der Waals surface area (Å²) >= 11 is 1.55. The molecule has 1 unspecified atom stereocenters. The molecule has 3 heterocycles. The van der Waals surface area contributed by atoms with Gasteiger partial charge in [-0.05, 0) is 6.42 Å². The van der Waals surface area contributed by atoms with E-state index in [0.717, 1.165) is 28.7 Å². The molecule has 0 bridgehead atoms. The number of carboxylic acids is 1. The summed E-state index contributed by atoms with van der Waals surface area (Å²) in [6.07, 6.45) is 2.34. The monoisotopic (exact) mass is 342 g/mol. The second-order valence-electron chi connectivity index (χ2n) is 5.53. The van der Waals surface area contributed by atoms with Crippen LogP contribution in [0.2, 0.25) is 0 Å². The van der Waals surface area contributed by atoms with Crippen LogP contribution in [-0.2, 0) is 0 Å². The van der Waals surface area contributed by atoms with Crippen LogP contribution >= 0.6 is 11.3 Å². The number of aromatic nitrogens is 5. The molecule has 8 nitrogen and oxygen atoms in total. The lowest BCUT2D eigenvalue weighted by atomic mass is 10.2. The summed E-state index contributed by atoms with van der Waals surface area (Å²) < 4.78 is 1.63. The van der Waals surface area contributed by atoms with Crippen LogP contribution in [0.3, 0.4) is 0 Å². The summed E-state index contributed by atoms with van der Waals surface area (Å²) in [5, 5.41) is 26.9. The van der Waals surface area contributed by atoms with Crippen LogP contribution in [0.5, 0.6) is 0 Å². The summed E-state index contributed by atoms with van der Waals surface area (Å²) in [5.74, 6) is -1.06. The zero-order valence-corrected chi connectivity index (χ0v) is 13.4. The molecule has 0 saturated carbocycles. The summed E-state index contributed by atoms with van der Waals surface area (Å²) in [4.78, 5) is 13.1. The van der Waals surface area contributed by atoms with Crippen molar-refractivity contribution in [2.45, 2.75) is 12.5 Å². The number of anilines is 1. The number of benzene rings is 1. The van der Waals surface area contributed by atoms with Crippen LogP contribution in [-0.4, -0.2) is 49.4 Å². The molecule has 2 aromatic heterocycles. The quantitative estimate of drug-likeness (QED) is 0.774. The SMILES string of the molecule is O=C(O)c1cn(C2CCN(c3nnc(-c4ccccc4)s3)C2)nn1. The normalized spacial score (nSPS) is 17.3. The van der Waals surface area contributed by atoms with Crippen LogP contribution in [0.25, 0.3) is 10.6 Å². The third-order valence-corrected chi connectivity index (χ3v) is 5.01. The second kappa shape index (κ2) is 6.00. The van der Waals surface area contributed by atoms with Crippen LogP contribution in [0, 0.1) is 0 Å². The number of aromatic carboxylic acids is 1. The number of hydrogen-bond donors (Lipinski definition) is 1. The summed E-state index contributed by atoms with van der Waals surface area (Å²) in [6, 6.07) is 10.1. The first kappa shape index (κ1) is 14.8. The molecule has 1 atom stereocenters. The minimum Gasteiger partial charge on any atom is -0.476 e. The van der Waals surface area contributed by atoms with Gasteiger partial charge in [0.1, 0.15) is 5.01 Å². The lowest BCUT2D eigenvalue weighted by molar-refractivity contribution is 0.0690. The molecule has 3 aromatic rings. The van der Waals surface area contributed by atoms with E-state index in [-0.39, 0.29) is 11.7 Å². The van der Waals surface area contributed by atoms with Gasteiger partial charge < -0.3 is 10.0 Å². The van der Waals surface area contributed by atoms with Crippen LogP contribution in [0.1, 0.15) is 23.0 Å². The third kappa shape index (κ3) is 2.73. The van der Waals surface area contributed by atoms with E-state index in [2.05, 4.69) is 25.4 Å². The predicted molar refractivity (Wildman–Crippen MR) is 88.2 cm³/mol. The fourth-order valence-corrected chi connectivity index (χ4v) is 3.61. The maximum absolute atomic E-state index is 10.9. The molecule has 4 rings (SSSR count). The Morgan fingerprint density at radius 2 is 2.04 bits per heavy atom. The van der Waals surface area contributed by atoms with Crippen molar-refractivity contribution < 1.29 is 9.90 Å². The topological polar surface area (TPSA) is 97.0 Å². The number of nitrogens with zero attached hydrogens (tertiary/aromatic N) is 6. The zero-order valence-electron chi connectivity index (χ0n) is 12.6. The highest BCUT2D eigenvalue weighted by Gasteiger charge is 2.28. The average molecular weight is 342 g/mol. The Morgan fingerprint density at radius 1 is 1.21 bits per heavy atom. The highest BCUT2D eigenvalue weighted by molar-refractivity contribution is 7.18. The van der Waals surface area contributed by atoms with E-state index in [1.807, 2.05) is 30.3 Å². The minimum atomic E-state index is -1.06. The van der Waals surface area contributed by atoms with E-state index in [1.165, 1.54) is 6.20 Å². The lowest BCUT2D eigenvalue weighted by Gasteiger charge is -2.13. The molecule has 9 heteroatoms. The molecule has 0 aliphatic carbocycles. The maximum Gasteiger partial charge on any atom is 0.358 e. The Labute approximate surface area is 141 Å². The van der Waals surface area contributed by atoms with Gasteiger partial charge in [-0.15, -0.1) is 15.3 Å². The van der Waals surface area contributed by atoms with Crippen LogP contribution in [0.15, 0.2) is 36.5 Å². The highest BCUT2D eigenvalue weighted by atomic mass is 32.1. The molecule has 1 N–H and O–H groups in total. The highest BCUT2D eigenvalue weighted by Crippen LogP contribution is 2.32. The third-order valence-electron chi connectivity index (χ3n) is 3.97. The first-order valence-corrected chi connectivity index (χ1v) is 8.31. The Balaban J connectivity index is 1.49. The van der Waals surface area contributed by atoms with Crippen molar-refractivity contribution in [2.75, 3.05) is 18.0 Å². The van der Waals surface area contributed by atoms with E-state index in [9.17, 15) is 4.79 Å². The van der Waals surface area contributed by atoms with Crippen molar-refractivity contribution in [3.63, 3.8) is 0 Å². The molecule has 122 valence electrons. The standard InChI is InChI=1S/C15H14N6O2S/c22-14(23)12-9-21(19-16-12)11-6-7-20(8-11)15-18-17-13(24-15)10-4-2-1-3-5-10/h1-5,9,11H,6-8H2,(H,22,23). The predicted octanol–water partition coefficient (Wildman–Crippen LogP) is 1.95. The van der Waals surface area contributed by atoms with Gasteiger partial charge in [-0.25, -0.2) is 9.48 Å². The lowest BCUT2D eigenvalue weighted by Crippen LogP contribution is -2.21. The maximum atomic E-state index is 10.9. The first-order chi connectivity index (χ1) is 11.7. The van der Waals surface area contributed by atoms with Gasteiger partial charge in [-0.1, -0.05) is 46.9 Å². The van der Waals surface area contributed by atoms with Crippen LogP contribution in [0.4, 0.5) is 5.13 Å². The second-order valence-corrected chi connectivity index (χ2v) is 6.49. The Hall–Kier alpha value is -2.81. The number of carbonyl (C=O) groups is 1. The van der Waals surface area contributed by atoms with Crippen molar-refractivity contribution in [3.8, 4) is 10.6 Å². The van der Waals surface area contributed by atoms with E-state index < -0.39 is 5.97 Å². The van der Waals surface area contributed by atoms with E-state index in [4.69, 9.17) is 5.11 Å². The number of hydrogen-bond acceptors (Lipinski definition) is 7. The Kier molecular flexibility index (Phi) is 3.69. The summed E-state index contributed by atoms with van der Waals surface area (Å²) in [7, 11) is 0. The molecule has 0 spiro atoms. The molecule has 1 aliphatic rings. The molecule has 1 saturated heterocycles. The van der Waals surface area contributed by atoms with Crippen molar-refractivity contribution in [1.29, 1.82) is 0 Å². The van der Waals surface area contributed by atoms with Gasteiger partial charge in [0.05, 0.1) is 12.2 Å². The fourth-order valence-electron chi connectivity index (χ4n) is 2.73. The van der Waals surface area contributed by atoms with E-state index in [0.29, 0.717) is 6.54 Å². The molecule has 0 amide bonds. The van der Waals surface area contributed by atoms with Crippen molar-refractivity contribution in [3.05, 3.63) is 42.2 Å². The fraction of sp³-hybridized carbons (Fsp3) is 0.267. The van der Waals surface area contributed by atoms with Crippen molar-refractivity contribution >= 4 is 22.4 Å². The van der Waals surface area contributed by atoms with Crippen molar-refractivity contribution in [1.82, 2.24) is 25.2 Å². The van der Waals surface area contributed by atoms with E-state index >= 15 is 0 Å². The molecule has 24 heavy (non-hydrogen) atoms. The van der Waals surface area contributed by atoms with Gasteiger partial charge in [-0.2, -0.15) is 0 Å². The van der Waals surface area contributed by atoms with Gasteiger partial charge in [0.2, 0.25) is 5.13 Å². The summed E-state index contributed by atoms with van der Waals surface area (Å²) in [6.45, 7) is 1.54. The number of rotatable bonds is 4. The molecular formula is C15H14N6O2S. The van der Waals surface area contributed by atoms with Gasteiger partial charge in [0.15, 0.2) is 5.69 Å². The largest absolute Gasteiger partial charge is 0.476 e. The van der Waals surface area contributed by atoms with Crippen LogP contribution < -0.4 is 4.90 Å². The minimum absolute atomic E-state index is 0.0317. The molecular weight excluding hydrogens is 328 g/mol. The molecule has 1 fully saturated rings.